The van der Waals surface area contributed by atoms with E-state index >= 15 is 0 Å². The minimum Gasteiger partial charge on any atom is -0.382 e. The van der Waals surface area contributed by atoms with Gasteiger partial charge in [-0.15, -0.1) is 0 Å². The number of aryl methyl sites for hydroxylation is 1. The molecule has 4 N–H and O–H groups in total. The number of anilines is 2. The summed E-state index contributed by atoms with van der Waals surface area (Å²) in [5.74, 6) is 0.598. The number of hydrogen-bond donors (Lipinski definition) is 2. The van der Waals surface area contributed by atoms with Gasteiger partial charge in [0.25, 0.3) is 0 Å². The lowest BCUT2D eigenvalue weighted by molar-refractivity contribution is 1.21. The molecular formula is C8H9N5. The largest absolute Gasteiger partial charge is 0.382 e. The van der Waals surface area contributed by atoms with Crippen LogP contribution >= 0.6 is 0 Å². The highest BCUT2D eigenvalue weighted by Crippen LogP contribution is 2.19. The zero-order valence-corrected chi connectivity index (χ0v) is 7.15. The zero-order valence-electron chi connectivity index (χ0n) is 7.15. The van der Waals surface area contributed by atoms with Crippen molar-refractivity contribution in [2.45, 2.75) is 6.92 Å². The molecule has 0 amide bonds. The van der Waals surface area contributed by atoms with Gasteiger partial charge >= 0.3 is 0 Å². The maximum Gasteiger partial charge on any atom is 0.220 e. The van der Waals surface area contributed by atoms with Crippen LogP contribution < -0.4 is 11.5 Å². The summed E-state index contributed by atoms with van der Waals surface area (Å²) in [6, 6.07) is 0. The van der Waals surface area contributed by atoms with Crippen molar-refractivity contribution >= 4 is 22.7 Å². The highest BCUT2D eigenvalue weighted by molar-refractivity contribution is 5.89. The number of hydrogen-bond acceptors (Lipinski definition) is 5. The fourth-order valence-corrected chi connectivity index (χ4v) is 1.18. The van der Waals surface area contributed by atoms with E-state index in [1.165, 1.54) is 0 Å². The van der Waals surface area contributed by atoms with Crippen molar-refractivity contribution in [1.29, 1.82) is 0 Å². The Morgan fingerprint density at radius 3 is 2.69 bits per heavy atom. The molecule has 0 aromatic carbocycles. The summed E-state index contributed by atoms with van der Waals surface area (Å²) < 4.78 is 0. The quantitative estimate of drug-likeness (QED) is 0.608. The van der Waals surface area contributed by atoms with Crippen molar-refractivity contribution in [2.75, 3.05) is 11.5 Å². The molecule has 2 aromatic rings. The number of rotatable bonds is 0. The second-order valence-corrected chi connectivity index (χ2v) is 2.82. The van der Waals surface area contributed by atoms with Crippen LogP contribution in [0.1, 0.15) is 5.56 Å². The first kappa shape index (κ1) is 7.72. The van der Waals surface area contributed by atoms with Gasteiger partial charge in [0.2, 0.25) is 5.95 Å². The van der Waals surface area contributed by atoms with Crippen LogP contribution in [0.15, 0.2) is 12.4 Å². The fraction of sp³-hybridized carbons (Fsp3) is 0.125. The third kappa shape index (κ3) is 1.14. The Morgan fingerprint density at radius 1 is 1.15 bits per heavy atom. The number of nitrogens with zero attached hydrogens (tertiary/aromatic N) is 3. The summed E-state index contributed by atoms with van der Waals surface area (Å²) in [7, 11) is 0. The highest BCUT2D eigenvalue weighted by atomic mass is 15.0. The molecule has 0 aliphatic rings. The lowest BCUT2D eigenvalue weighted by Gasteiger charge is -2.02. The minimum absolute atomic E-state index is 0.214. The van der Waals surface area contributed by atoms with Crippen LogP contribution in [0.2, 0.25) is 0 Å². The lowest BCUT2D eigenvalue weighted by Crippen LogP contribution is -1.99. The molecule has 0 saturated carbocycles. The van der Waals surface area contributed by atoms with Crippen LogP contribution in [-0.2, 0) is 0 Å². The third-order valence-corrected chi connectivity index (χ3v) is 1.87. The van der Waals surface area contributed by atoms with E-state index in [1.807, 2.05) is 6.92 Å². The molecular weight excluding hydrogens is 166 g/mol. The smallest absolute Gasteiger partial charge is 0.220 e. The predicted molar refractivity (Wildman–Crippen MR) is 50.9 cm³/mol. The van der Waals surface area contributed by atoms with Crippen LogP contribution in [0, 0.1) is 6.92 Å². The molecule has 0 bridgehead atoms. The Morgan fingerprint density at radius 2 is 1.92 bits per heavy atom. The van der Waals surface area contributed by atoms with Gasteiger partial charge in [-0.05, 0) is 12.5 Å². The first-order valence-corrected chi connectivity index (χ1v) is 3.82. The summed E-state index contributed by atoms with van der Waals surface area (Å²) in [6.07, 6.45) is 3.35. The van der Waals surface area contributed by atoms with Gasteiger partial charge in [0, 0.05) is 17.8 Å². The van der Waals surface area contributed by atoms with E-state index in [2.05, 4.69) is 15.0 Å². The molecule has 0 radical (unpaired) electrons. The van der Waals surface area contributed by atoms with Crippen molar-refractivity contribution in [3.63, 3.8) is 0 Å². The van der Waals surface area contributed by atoms with E-state index in [4.69, 9.17) is 11.5 Å². The molecule has 5 heteroatoms. The maximum atomic E-state index is 5.64. The van der Waals surface area contributed by atoms with Gasteiger partial charge in [-0.2, -0.15) is 0 Å². The number of aromatic nitrogens is 3. The van der Waals surface area contributed by atoms with E-state index in [-0.39, 0.29) is 5.95 Å². The van der Waals surface area contributed by atoms with Gasteiger partial charge in [0.15, 0.2) is 0 Å². The van der Waals surface area contributed by atoms with Gasteiger partial charge < -0.3 is 11.5 Å². The van der Waals surface area contributed by atoms with Gasteiger partial charge in [0.1, 0.15) is 11.3 Å². The molecule has 66 valence electrons. The molecule has 13 heavy (non-hydrogen) atoms. The summed E-state index contributed by atoms with van der Waals surface area (Å²) in [4.78, 5) is 11.9. The van der Waals surface area contributed by atoms with Crippen LogP contribution in [0.25, 0.3) is 10.9 Å². The van der Waals surface area contributed by atoms with E-state index in [0.29, 0.717) is 11.3 Å². The molecule has 2 aromatic heterocycles. The first-order chi connectivity index (χ1) is 6.18. The van der Waals surface area contributed by atoms with Crippen molar-refractivity contribution in [3.05, 3.63) is 18.0 Å². The number of nitrogen functional groups attached to an aromatic ring is 2. The molecule has 0 saturated heterocycles. The summed E-state index contributed by atoms with van der Waals surface area (Å²) >= 11 is 0. The van der Waals surface area contributed by atoms with E-state index < -0.39 is 0 Å². The molecule has 5 nitrogen and oxygen atoms in total. The normalized spacial score (nSPS) is 10.5. The number of fused-ring (bicyclic) bond motifs is 1. The molecule has 0 unspecified atom stereocenters. The van der Waals surface area contributed by atoms with E-state index in [9.17, 15) is 0 Å². The molecule has 2 rings (SSSR count). The Bertz CT molecular complexity index is 465. The topological polar surface area (TPSA) is 90.7 Å². The second-order valence-electron chi connectivity index (χ2n) is 2.82. The van der Waals surface area contributed by atoms with Crippen molar-refractivity contribution in [2.24, 2.45) is 0 Å². The summed E-state index contributed by atoms with van der Waals surface area (Å²) in [5, 5.41) is 0.890. The Balaban J connectivity index is 2.92. The van der Waals surface area contributed by atoms with Crippen LogP contribution in [0.4, 0.5) is 11.8 Å². The van der Waals surface area contributed by atoms with Crippen LogP contribution in [0.5, 0.6) is 0 Å². The fourth-order valence-electron chi connectivity index (χ4n) is 1.18. The Kier molecular flexibility index (Phi) is 1.51. The Labute approximate surface area is 74.8 Å². The number of pyridine rings is 1. The monoisotopic (exact) mass is 175 g/mol. The molecule has 0 fully saturated rings. The lowest BCUT2D eigenvalue weighted by atomic mass is 10.2. The van der Waals surface area contributed by atoms with Crippen molar-refractivity contribution in [3.8, 4) is 0 Å². The third-order valence-electron chi connectivity index (χ3n) is 1.87. The molecule has 0 spiro atoms. The van der Waals surface area contributed by atoms with E-state index in [0.717, 1.165) is 10.9 Å². The van der Waals surface area contributed by atoms with Gasteiger partial charge in [-0.25, -0.2) is 15.0 Å². The second kappa shape index (κ2) is 2.55. The summed E-state index contributed by atoms with van der Waals surface area (Å²) in [6.45, 7) is 1.92. The first-order valence-electron chi connectivity index (χ1n) is 3.82. The Hall–Kier alpha value is -1.91. The average molecular weight is 175 g/mol. The predicted octanol–water partition coefficient (Wildman–Crippen LogP) is 0.498. The zero-order chi connectivity index (χ0) is 9.42. The number of nitrogens with two attached hydrogens (primary N) is 2. The maximum absolute atomic E-state index is 5.64. The molecule has 0 atom stereocenters. The van der Waals surface area contributed by atoms with Gasteiger partial charge in [-0.1, -0.05) is 0 Å². The SMILES string of the molecule is Cc1cnc(N)c2nc(N)ncc12. The van der Waals surface area contributed by atoms with E-state index in [1.54, 1.807) is 12.4 Å². The molecule has 2 heterocycles. The molecule has 0 aliphatic carbocycles. The van der Waals surface area contributed by atoms with Gasteiger partial charge in [-0.3, -0.25) is 0 Å². The molecule has 0 aliphatic heterocycles. The van der Waals surface area contributed by atoms with Crippen molar-refractivity contribution in [1.82, 2.24) is 15.0 Å². The average Bonchev–Trinajstić information content (AvgIpc) is 2.12. The van der Waals surface area contributed by atoms with Crippen LogP contribution in [-0.4, -0.2) is 15.0 Å². The highest BCUT2D eigenvalue weighted by Gasteiger charge is 2.04. The standard InChI is InChI=1S/C8H9N5/c1-4-2-11-7(9)6-5(4)3-12-8(10)13-6/h2-3H,1H3,(H2,9,11)(H2,10,12,13). The minimum atomic E-state index is 0.214. The van der Waals surface area contributed by atoms with Crippen LogP contribution in [0.3, 0.4) is 0 Å². The summed E-state index contributed by atoms with van der Waals surface area (Å²) in [5.41, 5.74) is 12.7. The van der Waals surface area contributed by atoms with Crippen molar-refractivity contribution < 1.29 is 0 Å². The van der Waals surface area contributed by atoms with Gasteiger partial charge in [0.05, 0.1) is 0 Å².